The standard InChI is InChI=1S/2C6H12O2/c1-6(2,3)4-5(7)8;1-3-4-5-8-6(2)7/h4H2,1-3H3,(H,7,8);3-5H2,1-2H3. The molecule has 16 heavy (non-hydrogen) atoms. The summed E-state index contributed by atoms with van der Waals surface area (Å²) in [6, 6.07) is 0. The predicted octanol–water partition coefficient (Wildman–Crippen LogP) is 2.86. The Morgan fingerprint density at radius 3 is 1.94 bits per heavy atom. The lowest BCUT2D eigenvalue weighted by molar-refractivity contribution is -0.141. The first-order chi connectivity index (χ1) is 7.19. The maximum atomic E-state index is 10.1. The number of esters is 1. The molecule has 0 aromatic heterocycles. The van der Waals surface area contributed by atoms with Gasteiger partial charge in [-0.1, -0.05) is 34.1 Å². The summed E-state index contributed by atoms with van der Waals surface area (Å²) in [4.78, 5) is 20.1. The van der Waals surface area contributed by atoms with E-state index < -0.39 is 5.97 Å². The third-order valence-electron chi connectivity index (χ3n) is 1.48. The van der Waals surface area contributed by atoms with Gasteiger partial charge in [0.15, 0.2) is 0 Å². The molecular weight excluding hydrogens is 208 g/mol. The Bertz CT molecular complexity index is 204. The number of aliphatic carboxylic acids is 1. The normalized spacial score (nSPS) is 10.1. The molecule has 0 aromatic carbocycles. The Hall–Kier alpha value is -1.06. The first-order valence-corrected chi connectivity index (χ1v) is 5.54. The van der Waals surface area contributed by atoms with Crippen LogP contribution in [0.3, 0.4) is 0 Å². The first kappa shape index (κ1) is 17.3. The van der Waals surface area contributed by atoms with E-state index in [-0.39, 0.29) is 17.8 Å². The minimum Gasteiger partial charge on any atom is -0.481 e. The second kappa shape index (κ2) is 9.19. The molecule has 0 radical (unpaired) electrons. The molecule has 0 saturated heterocycles. The van der Waals surface area contributed by atoms with Crippen LogP contribution in [0.25, 0.3) is 0 Å². The zero-order chi connectivity index (χ0) is 13.2. The highest BCUT2D eigenvalue weighted by molar-refractivity contribution is 5.67. The van der Waals surface area contributed by atoms with Gasteiger partial charge in [0.05, 0.1) is 13.0 Å². The smallest absolute Gasteiger partial charge is 0.303 e. The zero-order valence-corrected chi connectivity index (χ0v) is 11.0. The van der Waals surface area contributed by atoms with E-state index in [1.54, 1.807) is 0 Å². The number of carboxylic acids is 1. The quantitative estimate of drug-likeness (QED) is 0.598. The molecule has 4 nitrogen and oxygen atoms in total. The summed E-state index contributed by atoms with van der Waals surface area (Å²) in [5.74, 6) is -0.907. The lowest BCUT2D eigenvalue weighted by Gasteiger charge is -2.13. The fraction of sp³-hybridized carbons (Fsp3) is 0.833. The monoisotopic (exact) mass is 232 g/mol. The van der Waals surface area contributed by atoms with Gasteiger partial charge in [0, 0.05) is 6.92 Å². The van der Waals surface area contributed by atoms with Gasteiger partial charge in [-0.25, -0.2) is 0 Å². The number of carboxylic acid groups (broad SMARTS) is 1. The van der Waals surface area contributed by atoms with Crippen LogP contribution < -0.4 is 0 Å². The molecule has 0 spiro atoms. The third kappa shape index (κ3) is 23.1. The van der Waals surface area contributed by atoms with Crippen molar-refractivity contribution in [3.8, 4) is 0 Å². The molecule has 0 amide bonds. The van der Waals surface area contributed by atoms with Gasteiger partial charge in [0.25, 0.3) is 0 Å². The highest BCUT2D eigenvalue weighted by atomic mass is 16.5. The van der Waals surface area contributed by atoms with Gasteiger partial charge < -0.3 is 9.84 Å². The van der Waals surface area contributed by atoms with Crippen molar-refractivity contribution < 1.29 is 19.4 Å². The molecule has 0 bridgehead atoms. The van der Waals surface area contributed by atoms with E-state index >= 15 is 0 Å². The Balaban J connectivity index is 0. The minimum absolute atomic E-state index is 0.0775. The van der Waals surface area contributed by atoms with Gasteiger partial charge >= 0.3 is 11.9 Å². The zero-order valence-electron chi connectivity index (χ0n) is 11.0. The van der Waals surface area contributed by atoms with Crippen molar-refractivity contribution in [2.75, 3.05) is 6.61 Å². The molecule has 1 N–H and O–H groups in total. The molecular formula is C12H24O4. The average Bonchev–Trinajstić information content (AvgIpc) is 2.00. The molecule has 0 aliphatic heterocycles. The fourth-order valence-corrected chi connectivity index (χ4v) is 0.814. The summed E-state index contributed by atoms with van der Waals surface area (Å²) < 4.78 is 4.64. The number of rotatable bonds is 4. The van der Waals surface area contributed by atoms with Crippen LogP contribution in [0.2, 0.25) is 0 Å². The van der Waals surface area contributed by atoms with Crippen LogP contribution in [0.5, 0.6) is 0 Å². The van der Waals surface area contributed by atoms with Crippen molar-refractivity contribution in [1.29, 1.82) is 0 Å². The molecule has 0 unspecified atom stereocenters. The first-order valence-electron chi connectivity index (χ1n) is 5.54. The highest BCUT2D eigenvalue weighted by Crippen LogP contribution is 2.17. The number of ether oxygens (including phenoxy) is 1. The van der Waals surface area contributed by atoms with Crippen molar-refractivity contribution in [1.82, 2.24) is 0 Å². The Labute approximate surface area is 98.0 Å². The van der Waals surface area contributed by atoms with Crippen molar-refractivity contribution >= 4 is 11.9 Å². The van der Waals surface area contributed by atoms with E-state index in [1.165, 1.54) is 6.92 Å². The number of hydrogen-bond acceptors (Lipinski definition) is 3. The van der Waals surface area contributed by atoms with Crippen molar-refractivity contribution in [3.63, 3.8) is 0 Å². The van der Waals surface area contributed by atoms with Crippen LogP contribution in [0.1, 0.15) is 53.9 Å². The van der Waals surface area contributed by atoms with Gasteiger partial charge in [-0.2, -0.15) is 0 Å². The average molecular weight is 232 g/mol. The van der Waals surface area contributed by atoms with Crippen LogP contribution in [-0.2, 0) is 14.3 Å². The summed E-state index contributed by atoms with van der Waals surface area (Å²) in [5, 5.41) is 8.25. The van der Waals surface area contributed by atoms with Gasteiger partial charge in [-0.3, -0.25) is 9.59 Å². The largest absolute Gasteiger partial charge is 0.481 e. The number of carbonyl (C=O) groups is 2. The number of carbonyl (C=O) groups excluding carboxylic acids is 1. The summed E-state index contributed by atoms with van der Waals surface area (Å²) in [7, 11) is 0. The summed E-state index contributed by atoms with van der Waals surface area (Å²) >= 11 is 0. The molecule has 4 heteroatoms. The maximum Gasteiger partial charge on any atom is 0.303 e. The van der Waals surface area contributed by atoms with E-state index in [0.717, 1.165) is 12.8 Å². The predicted molar refractivity (Wildman–Crippen MR) is 63.2 cm³/mol. The lowest BCUT2D eigenvalue weighted by Crippen LogP contribution is -2.11. The summed E-state index contributed by atoms with van der Waals surface area (Å²) in [6.07, 6.45) is 2.29. The second-order valence-corrected chi connectivity index (χ2v) is 4.82. The van der Waals surface area contributed by atoms with Gasteiger partial charge in [0.1, 0.15) is 0 Å². The molecule has 0 aliphatic rings. The van der Waals surface area contributed by atoms with Gasteiger partial charge in [-0.15, -0.1) is 0 Å². The van der Waals surface area contributed by atoms with Crippen molar-refractivity contribution in [2.24, 2.45) is 5.41 Å². The number of hydrogen-bond donors (Lipinski definition) is 1. The summed E-state index contributed by atoms with van der Waals surface area (Å²) in [6.45, 7) is 9.77. The Morgan fingerprint density at radius 2 is 1.75 bits per heavy atom. The Kier molecular flexibility index (Phi) is 9.96. The molecule has 0 fully saturated rings. The van der Waals surface area contributed by atoms with Crippen LogP contribution >= 0.6 is 0 Å². The molecule has 0 saturated carbocycles. The van der Waals surface area contributed by atoms with Crippen LogP contribution in [0.15, 0.2) is 0 Å². The van der Waals surface area contributed by atoms with E-state index in [1.807, 2.05) is 20.8 Å². The van der Waals surface area contributed by atoms with E-state index in [9.17, 15) is 9.59 Å². The lowest BCUT2D eigenvalue weighted by atomic mass is 9.93. The SMILES string of the molecule is CC(C)(C)CC(=O)O.CCCCOC(C)=O. The molecule has 0 atom stereocenters. The summed E-state index contributed by atoms with van der Waals surface area (Å²) in [5.41, 5.74) is -0.0775. The van der Waals surface area contributed by atoms with E-state index in [2.05, 4.69) is 11.7 Å². The van der Waals surface area contributed by atoms with Gasteiger partial charge in [-0.05, 0) is 11.8 Å². The van der Waals surface area contributed by atoms with Crippen LogP contribution in [0.4, 0.5) is 0 Å². The molecule has 0 aromatic rings. The maximum absolute atomic E-state index is 10.1. The topological polar surface area (TPSA) is 63.6 Å². The molecule has 0 aliphatic carbocycles. The fourth-order valence-electron chi connectivity index (χ4n) is 0.814. The van der Waals surface area contributed by atoms with Crippen molar-refractivity contribution in [2.45, 2.75) is 53.9 Å². The van der Waals surface area contributed by atoms with Crippen molar-refractivity contribution in [3.05, 3.63) is 0 Å². The molecule has 96 valence electrons. The second-order valence-electron chi connectivity index (χ2n) is 4.82. The Morgan fingerprint density at radius 1 is 1.25 bits per heavy atom. The van der Waals surface area contributed by atoms with Crippen LogP contribution in [-0.4, -0.2) is 23.7 Å². The van der Waals surface area contributed by atoms with Crippen LogP contribution in [0, 0.1) is 5.41 Å². The minimum atomic E-state index is -0.725. The highest BCUT2D eigenvalue weighted by Gasteiger charge is 2.13. The van der Waals surface area contributed by atoms with E-state index in [4.69, 9.17) is 5.11 Å². The molecule has 0 rings (SSSR count). The van der Waals surface area contributed by atoms with E-state index in [0.29, 0.717) is 6.61 Å². The number of unbranched alkanes of at least 4 members (excludes halogenated alkanes) is 1. The molecule has 0 heterocycles. The van der Waals surface area contributed by atoms with Gasteiger partial charge in [0.2, 0.25) is 0 Å². The third-order valence-corrected chi connectivity index (χ3v) is 1.48.